The molecule has 130 valence electrons. The number of hydroxylamine groups is 1. The van der Waals surface area contributed by atoms with Crippen molar-refractivity contribution in [1.82, 2.24) is 19.6 Å². The molecule has 1 saturated heterocycles. The Morgan fingerprint density at radius 2 is 1.92 bits per heavy atom. The van der Waals surface area contributed by atoms with Gasteiger partial charge < -0.3 is 0 Å². The lowest BCUT2D eigenvalue weighted by Crippen LogP contribution is -2.27. The summed E-state index contributed by atoms with van der Waals surface area (Å²) in [6.45, 7) is 2.30. The van der Waals surface area contributed by atoms with E-state index in [4.69, 9.17) is 16.4 Å². The molecule has 0 spiro atoms. The van der Waals surface area contributed by atoms with Gasteiger partial charge in [-0.15, -0.1) is 0 Å². The van der Waals surface area contributed by atoms with Gasteiger partial charge in [0.25, 0.3) is 5.78 Å². The Bertz CT molecular complexity index is 956. The van der Waals surface area contributed by atoms with E-state index in [0.29, 0.717) is 25.2 Å². The van der Waals surface area contributed by atoms with E-state index in [0.717, 1.165) is 4.52 Å². The predicted molar refractivity (Wildman–Crippen MR) is 83.6 cm³/mol. The first kappa shape index (κ1) is 16.1. The van der Waals surface area contributed by atoms with Crippen molar-refractivity contribution in [3.8, 4) is 11.1 Å². The summed E-state index contributed by atoms with van der Waals surface area (Å²) >= 11 is 6.34. The standard InChI is InChI=1S/C15H11ClF3N5O/c1-7-2-3-25-24(7)14-12(11-9(18)4-8(17)5-10(11)19)13(16)23-15(22-14)20-6-21-23/h4-7H,2-3H2,1H3. The lowest BCUT2D eigenvalue weighted by molar-refractivity contribution is 0.159. The van der Waals surface area contributed by atoms with Crippen molar-refractivity contribution in [2.24, 2.45) is 0 Å². The molecule has 0 aliphatic carbocycles. The summed E-state index contributed by atoms with van der Waals surface area (Å²) in [5.74, 6) is -2.99. The van der Waals surface area contributed by atoms with Gasteiger partial charge in [-0.1, -0.05) is 11.6 Å². The monoisotopic (exact) mass is 369 g/mol. The topological polar surface area (TPSA) is 55.5 Å². The number of nitrogens with zero attached hydrogens (tertiary/aromatic N) is 5. The average molecular weight is 370 g/mol. The molecular weight excluding hydrogens is 359 g/mol. The minimum absolute atomic E-state index is 0.0802. The van der Waals surface area contributed by atoms with Crippen molar-refractivity contribution in [3.05, 3.63) is 41.1 Å². The lowest BCUT2D eigenvalue weighted by Gasteiger charge is -2.24. The summed E-state index contributed by atoms with van der Waals surface area (Å²) in [5, 5.41) is 5.22. The van der Waals surface area contributed by atoms with Crippen molar-refractivity contribution in [2.75, 3.05) is 11.7 Å². The summed E-state index contributed by atoms with van der Waals surface area (Å²) in [5.41, 5.74) is -0.586. The molecule has 6 nitrogen and oxygen atoms in total. The molecule has 1 aliphatic heterocycles. The van der Waals surface area contributed by atoms with E-state index in [1.807, 2.05) is 6.92 Å². The molecule has 0 saturated carbocycles. The number of anilines is 1. The van der Waals surface area contributed by atoms with Crippen LogP contribution in [0.1, 0.15) is 13.3 Å². The van der Waals surface area contributed by atoms with Gasteiger partial charge in [0, 0.05) is 12.1 Å². The molecule has 1 unspecified atom stereocenters. The van der Waals surface area contributed by atoms with E-state index in [-0.39, 0.29) is 28.4 Å². The molecule has 0 bridgehead atoms. The first-order valence-corrected chi connectivity index (χ1v) is 7.81. The van der Waals surface area contributed by atoms with Crippen molar-refractivity contribution in [1.29, 1.82) is 0 Å². The SMILES string of the molecule is CC1CCON1c1nc2ncnn2c(Cl)c1-c1c(F)cc(F)cc1F. The number of halogens is 4. The van der Waals surface area contributed by atoms with Gasteiger partial charge >= 0.3 is 0 Å². The van der Waals surface area contributed by atoms with Crippen LogP contribution in [0.3, 0.4) is 0 Å². The van der Waals surface area contributed by atoms with Crippen LogP contribution in [0.4, 0.5) is 19.0 Å². The second-order valence-electron chi connectivity index (χ2n) is 5.61. The van der Waals surface area contributed by atoms with Gasteiger partial charge in [0.1, 0.15) is 28.9 Å². The van der Waals surface area contributed by atoms with Crippen molar-refractivity contribution in [3.63, 3.8) is 0 Å². The van der Waals surface area contributed by atoms with Crippen LogP contribution in [0.2, 0.25) is 5.15 Å². The maximum absolute atomic E-state index is 14.4. The highest BCUT2D eigenvalue weighted by atomic mass is 35.5. The second kappa shape index (κ2) is 5.85. The molecule has 0 radical (unpaired) electrons. The van der Waals surface area contributed by atoms with Gasteiger partial charge in [-0.2, -0.15) is 19.6 Å². The second-order valence-corrected chi connectivity index (χ2v) is 5.97. The van der Waals surface area contributed by atoms with Crippen LogP contribution < -0.4 is 5.06 Å². The summed E-state index contributed by atoms with van der Waals surface area (Å²) in [6, 6.07) is 1.07. The predicted octanol–water partition coefficient (Wildman–Crippen LogP) is 3.39. The van der Waals surface area contributed by atoms with E-state index in [2.05, 4.69) is 15.1 Å². The maximum atomic E-state index is 14.4. The van der Waals surface area contributed by atoms with Gasteiger partial charge in [0.2, 0.25) is 0 Å². The van der Waals surface area contributed by atoms with Crippen molar-refractivity contribution in [2.45, 2.75) is 19.4 Å². The third-order valence-electron chi connectivity index (χ3n) is 3.98. The minimum atomic E-state index is -1.10. The zero-order valence-corrected chi connectivity index (χ0v) is 13.6. The molecule has 3 aromatic rings. The van der Waals surface area contributed by atoms with Crippen LogP contribution in [-0.4, -0.2) is 32.2 Å². The molecule has 25 heavy (non-hydrogen) atoms. The van der Waals surface area contributed by atoms with Crippen LogP contribution in [0.25, 0.3) is 16.9 Å². The molecule has 1 aromatic carbocycles. The maximum Gasteiger partial charge on any atom is 0.255 e. The first-order chi connectivity index (χ1) is 12.0. The molecule has 2 aromatic heterocycles. The number of benzene rings is 1. The fourth-order valence-electron chi connectivity index (χ4n) is 2.79. The number of fused-ring (bicyclic) bond motifs is 1. The number of aromatic nitrogens is 4. The Kier molecular flexibility index (Phi) is 3.77. The van der Waals surface area contributed by atoms with Gasteiger partial charge in [-0.05, 0) is 13.3 Å². The first-order valence-electron chi connectivity index (χ1n) is 7.43. The van der Waals surface area contributed by atoms with E-state index < -0.39 is 23.0 Å². The van der Waals surface area contributed by atoms with E-state index >= 15 is 0 Å². The summed E-state index contributed by atoms with van der Waals surface area (Å²) in [7, 11) is 0. The largest absolute Gasteiger partial charge is 0.272 e. The van der Waals surface area contributed by atoms with E-state index in [9.17, 15) is 13.2 Å². The van der Waals surface area contributed by atoms with Gasteiger partial charge in [0.15, 0.2) is 5.82 Å². The number of hydrogen-bond acceptors (Lipinski definition) is 5. The molecule has 0 N–H and O–H groups in total. The fourth-order valence-corrected chi connectivity index (χ4v) is 3.09. The normalized spacial score (nSPS) is 17.6. The molecule has 1 fully saturated rings. The molecular formula is C15H11ClF3N5O. The number of rotatable bonds is 2. The van der Waals surface area contributed by atoms with Crippen LogP contribution in [0.15, 0.2) is 18.5 Å². The molecule has 10 heteroatoms. The summed E-state index contributed by atoms with van der Waals surface area (Å²) in [6.07, 6.45) is 1.92. The third-order valence-corrected chi connectivity index (χ3v) is 4.33. The summed E-state index contributed by atoms with van der Waals surface area (Å²) < 4.78 is 43.2. The third kappa shape index (κ3) is 2.50. The molecule has 4 rings (SSSR count). The van der Waals surface area contributed by atoms with Crippen LogP contribution in [-0.2, 0) is 4.84 Å². The van der Waals surface area contributed by atoms with Gasteiger partial charge in [-0.25, -0.2) is 18.2 Å². The van der Waals surface area contributed by atoms with Gasteiger partial charge in [-0.3, -0.25) is 4.84 Å². The minimum Gasteiger partial charge on any atom is -0.272 e. The Hall–Kier alpha value is -2.39. The molecule has 3 heterocycles. The highest BCUT2D eigenvalue weighted by Gasteiger charge is 2.31. The van der Waals surface area contributed by atoms with Crippen LogP contribution >= 0.6 is 11.6 Å². The molecule has 1 atom stereocenters. The highest BCUT2D eigenvalue weighted by Crippen LogP contribution is 2.40. The fraction of sp³-hybridized carbons (Fsp3) is 0.267. The molecule has 1 aliphatic rings. The summed E-state index contributed by atoms with van der Waals surface area (Å²) in [4.78, 5) is 13.8. The zero-order valence-electron chi connectivity index (χ0n) is 12.9. The average Bonchev–Trinajstić information content (AvgIpc) is 3.17. The lowest BCUT2D eigenvalue weighted by atomic mass is 10.1. The Labute approximate surface area is 144 Å². The zero-order chi connectivity index (χ0) is 17.7. The Morgan fingerprint density at radius 3 is 2.56 bits per heavy atom. The van der Waals surface area contributed by atoms with Crippen LogP contribution in [0.5, 0.6) is 0 Å². The van der Waals surface area contributed by atoms with E-state index in [1.165, 1.54) is 11.4 Å². The highest BCUT2D eigenvalue weighted by molar-refractivity contribution is 6.33. The Morgan fingerprint density at radius 1 is 1.20 bits per heavy atom. The van der Waals surface area contributed by atoms with Crippen molar-refractivity contribution >= 4 is 23.2 Å². The van der Waals surface area contributed by atoms with Gasteiger partial charge in [0.05, 0.1) is 23.8 Å². The van der Waals surface area contributed by atoms with Crippen molar-refractivity contribution < 1.29 is 18.0 Å². The quantitative estimate of drug-likeness (QED) is 0.648. The number of hydrogen-bond donors (Lipinski definition) is 0. The Balaban J connectivity index is 2.06. The van der Waals surface area contributed by atoms with E-state index in [1.54, 1.807) is 0 Å². The van der Waals surface area contributed by atoms with Crippen LogP contribution in [0, 0.1) is 17.5 Å². The smallest absolute Gasteiger partial charge is 0.255 e. The molecule has 0 amide bonds.